The van der Waals surface area contributed by atoms with Crippen molar-refractivity contribution in [3.8, 4) is 5.19 Å². The number of benzene rings is 2. The lowest BCUT2D eigenvalue weighted by Gasteiger charge is -2.31. The molecule has 0 saturated carbocycles. The minimum atomic E-state index is -3.57. The molecule has 3 aromatic rings. The number of ether oxygens (including phenoxy) is 1. The second-order valence-corrected chi connectivity index (χ2v) is 10.1. The number of thiazole rings is 1. The third-order valence-electron chi connectivity index (χ3n) is 5.02. The summed E-state index contributed by atoms with van der Waals surface area (Å²) < 4.78 is 60.9. The van der Waals surface area contributed by atoms with Gasteiger partial charge in [-0.05, 0) is 49.9 Å². The van der Waals surface area contributed by atoms with Crippen molar-refractivity contribution in [3.63, 3.8) is 0 Å². The number of aryl methyl sites for hydroxylation is 2. The summed E-state index contributed by atoms with van der Waals surface area (Å²) in [7, 11) is -3.57. The van der Waals surface area contributed by atoms with E-state index < -0.39 is 21.7 Å². The Hall–Kier alpha value is -2.10. The number of fused-ring (bicyclic) bond motifs is 1. The van der Waals surface area contributed by atoms with Gasteiger partial charge in [-0.2, -0.15) is 9.29 Å². The van der Waals surface area contributed by atoms with Crippen molar-refractivity contribution in [2.45, 2.75) is 37.7 Å². The summed E-state index contributed by atoms with van der Waals surface area (Å²) in [6, 6.07) is 7.42. The van der Waals surface area contributed by atoms with Crippen LogP contribution in [0.15, 0.2) is 35.2 Å². The van der Waals surface area contributed by atoms with Gasteiger partial charge in [-0.15, -0.1) is 0 Å². The zero-order chi connectivity index (χ0) is 20.8. The Balaban J connectivity index is 1.46. The quantitative estimate of drug-likeness (QED) is 0.605. The van der Waals surface area contributed by atoms with E-state index in [0.29, 0.717) is 35.5 Å². The van der Waals surface area contributed by atoms with Gasteiger partial charge in [0, 0.05) is 19.2 Å². The van der Waals surface area contributed by atoms with Gasteiger partial charge in [0.15, 0.2) is 5.82 Å². The van der Waals surface area contributed by atoms with Crippen LogP contribution in [0.2, 0.25) is 0 Å². The van der Waals surface area contributed by atoms with E-state index in [0.717, 1.165) is 28.5 Å². The maximum atomic E-state index is 13.8. The molecule has 0 unspecified atom stereocenters. The molecule has 154 valence electrons. The summed E-state index contributed by atoms with van der Waals surface area (Å²) in [4.78, 5) is 4.44. The zero-order valence-corrected chi connectivity index (χ0v) is 17.6. The number of halogens is 2. The van der Waals surface area contributed by atoms with Gasteiger partial charge in [0.1, 0.15) is 17.4 Å². The number of sulfonamides is 1. The van der Waals surface area contributed by atoms with Crippen LogP contribution in [0.3, 0.4) is 0 Å². The fourth-order valence-electron chi connectivity index (χ4n) is 3.44. The van der Waals surface area contributed by atoms with Crippen LogP contribution in [-0.2, 0) is 10.0 Å². The number of rotatable bonds is 4. The van der Waals surface area contributed by atoms with E-state index in [2.05, 4.69) is 4.98 Å². The highest BCUT2D eigenvalue weighted by Gasteiger charge is 2.31. The van der Waals surface area contributed by atoms with Crippen molar-refractivity contribution in [1.29, 1.82) is 0 Å². The van der Waals surface area contributed by atoms with Crippen LogP contribution in [0.25, 0.3) is 10.2 Å². The fraction of sp³-hybridized carbons (Fsp3) is 0.350. The molecular formula is C20H20F2N2O3S2. The first-order valence-electron chi connectivity index (χ1n) is 9.23. The molecule has 1 saturated heterocycles. The minimum absolute atomic E-state index is 0.0846. The lowest BCUT2D eigenvalue weighted by atomic mass is 10.1. The summed E-state index contributed by atoms with van der Waals surface area (Å²) in [5.74, 6) is -1.38. The second kappa shape index (κ2) is 7.62. The van der Waals surface area contributed by atoms with E-state index in [4.69, 9.17) is 4.74 Å². The van der Waals surface area contributed by atoms with Crippen LogP contribution < -0.4 is 4.74 Å². The first kappa shape index (κ1) is 20.2. The smallest absolute Gasteiger partial charge is 0.274 e. The first-order valence-corrected chi connectivity index (χ1v) is 11.5. The van der Waals surface area contributed by atoms with Gasteiger partial charge in [0.2, 0.25) is 10.0 Å². The van der Waals surface area contributed by atoms with Gasteiger partial charge in [-0.1, -0.05) is 23.5 Å². The number of piperidine rings is 1. The number of nitrogens with zero attached hydrogens (tertiary/aromatic N) is 2. The van der Waals surface area contributed by atoms with Crippen molar-refractivity contribution < 1.29 is 21.9 Å². The van der Waals surface area contributed by atoms with Crippen LogP contribution in [0.1, 0.15) is 24.0 Å². The molecule has 0 spiro atoms. The van der Waals surface area contributed by atoms with Gasteiger partial charge < -0.3 is 4.74 Å². The molecule has 0 N–H and O–H groups in total. The van der Waals surface area contributed by atoms with E-state index in [1.54, 1.807) is 13.0 Å². The molecule has 2 aromatic carbocycles. The molecule has 29 heavy (non-hydrogen) atoms. The van der Waals surface area contributed by atoms with Crippen molar-refractivity contribution in [3.05, 3.63) is 53.1 Å². The van der Waals surface area contributed by atoms with Crippen LogP contribution in [0.4, 0.5) is 8.78 Å². The maximum Gasteiger partial charge on any atom is 0.274 e. The molecule has 2 heterocycles. The van der Waals surface area contributed by atoms with E-state index in [1.165, 1.54) is 10.4 Å². The highest BCUT2D eigenvalue weighted by Crippen LogP contribution is 2.32. The highest BCUT2D eigenvalue weighted by molar-refractivity contribution is 7.89. The van der Waals surface area contributed by atoms with Crippen LogP contribution in [0, 0.1) is 25.5 Å². The minimum Gasteiger partial charge on any atom is -0.467 e. The molecule has 5 nitrogen and oxygen atoms in total. The van der Waals surface area contributed by atoms with Crippen molar-refractivity contribution in [1.82, 2.24) is 9.29 Å². The molecule has 0 amide bonds. The molecule has 0 bridgehead atoms. The fourth-order valence-corrected chi connectivity index (χ4v) is 6.14. The van der Waals surface area contributed by atoms with Gasteiger partial charge >= 0.3 is 0 Å². The largest absolute Gasteiger partial charge is 0.467 e. The van der Waals surface area contributed by atoms with Gasteiger partial charge in [0.25, 0.3) is 5.19 Å². The standard InChI is InChI=1S/C20H20F2N2O3S2/c1-12-3-4-13(2)18(9-12)29(25,26)24-7-5-15(6-8-24)27-20-23-19-16(22)10-14(21)11-17(19)28-20/h3-4,9-11,15H,5-8H2,1-2H3. The Labute approximate surface area is 172 Å². The molecular weight excluding hydrogens is 418 g/mol. The second-order valence-electron chi connectivity index (χ2n) is 7.20. The normalized spacial score (nSPS) is 16.4. The Morgan fingerprint density at radius 3 is 2.59 bits per heavy atom. The number of hydrogen-bond donors (Lipinski definition) is 0. The molecule has 1 aliphatic heterocycles. The SMILES string of the molecule is Cc1ccc(C)c(S(=O)(=O)N2CCC(Oc3nc4c(F)cc(F)cc4s3)CC2)c1. The van der Waals surface area contributed by atoms with Gasteiger partial charge in [0.05, 0.1) is 9.60 Å². The topological polar surface area (TPSA) is 59.5 Å². The lowest BCUT2D eigenvalue weighted by Crippen LogP contribution is -2.41. The molecule has 1 fully saturated rings. The van der Waals surface area contributed by atoms with Gasteiger partial charge in [-0.25, -0.2) is 17.2 Å². The summed E-state index contributed by atoms with van der Waals surface area (Å²) in [6.45, 7) is 4.31. The molecule has 0 aliphatic carbocycles. The Bertz CT molecular complexity index is 1170. The van der Waals surface area contributed by atoms with Crippen molar-refractivity contribution in [2.75, 3.05) is 13.1 Å². The van der Waals surface area contributed by atoms with E-state index in [1.807, 2.05) is 19.1 Å². The Morgan fingerprint density at radius 1 is 1.14 bits per heavy atom. The molecule has 0 radical (unpaired) electrons. The predicted molar refractivity (Wildman–Crippen MR) is 108 cm³/mol. The van der Waals surface area contributed by atoms with Crippen LogP contribution in [0.5, 0.6) is 5.19 Å². The van der Waals surface area contributed by atoms with Crippen LogP contribution in [-0.4, -0.2) is 36.9 Å². The molecule has 1 aromatic heterocycles. The third-order valence-corrected chi connectivity index (χ3v) is 7.96. The molecule has 0 atom stereocenters. The monoisotopic (exact) mass is 438 g/mol. The van der Waals surface area contributed by atoms with Crippen LogP contribution >= 0.6 is 11.3 Å². The van der Waals surface area contributed by atoms with Crippen molar-refractivity contribution >= 4 is 31.6 Å². The van der Waals surface area contributed by atoms with E-state index in [9.17, 15) is 17.2 Å². The summed E-state index contributed by atoms with van der Waals surface area (Å²) >= 11 is 1.08. The molecule has 1 aliphatic rings. The summed E-state index contributed by atoms with van der Waals surface area (Å²) in [6.07, 6.45) is 0.766. The number of hydrogen-bond acceptors (Lipinski definition) is 5. The Kier molecular flexibility index (Phi) is 5.30. The van der Waals surface area contributed by atoms with Gasteiger partial charge in [-0.3, -0.25) is 0 Å². The molecule has 9 heteroatoms. The highest BCUT2D eigenvalue weighted by atomic mass is 32.2. The average molecular weight is 439 g/mol. The van der Waals surface area contributed by atoms with Crippen molar-refractivity contribution in [2.24, 2.45) is 0 Å². The maximum absolute atomic E-state index is 13.8. The van der Waals surface area contributed by atoms with E-state index >= 15 is 0 Å². The molecule has 4 rings (SSSR count). The summed E-state index contributed by atoms with van der Waals surface area (Å²) in [5.41, 5.74) is 1.70. The lowest BCUT2D eigenvalue weighted by molar-refractivity contribution is 0.135. The summed E-state index contributed by atoms with van der Waals surface area (Å²) in [5, 5.41) is 0.264. The first-order chi connectivity index (χ1) is 13.7. The number of aromatic nitrogens is 1. The third kappa shape index (κ3) is 3.99. The van der Waals surface area contributed by atoms with E-state index in [-0.39, 0.29) is 16.8 Å². The predicted octanol–water partition coefficient (Wildman–Crippen LogP) is 4.42. The average Bonchev–Trinajstić information content (AvgIpc) is 3.06. The zero-order valence-electron chi connectivity index (χ0n) is 16.0. The Morgan fingerprint density at radius 2 is 1.86 bits per heavy atom.